The van der Waals surface area contributed by atoms with Gasteiger partial charge in [0.15, 0.2) is 5.82 Å². The molecule has 100 valence electrons. The Kier molecular flexibility index (Phi) is 3.86. The fourth-order valence-electron chi connectivity index (χ4n) is 1.57. The van der Waals surface area contributed by atoms with E-state index in [9.17, 15) is 9.18 Å². The first-order valence-electron chi connectivity index (χ1n) is 5.64. The molecule has 0 aliphatic heterocycles. The highest BCUT2D eigenvalue weighted by Crippen LogP contribution is 2.10. The maximum atomic E-state index is 13.6. The van der Waals surface area contributed by atoms with Crippen LogP contribution in [0.2, 0.25) is 0 Å². The van der Waals surface area contributed by atoms with Crippen molar-refractivity contribution in [3.8, 4) is 0 Å². The highest BCUT2D eigenvalue weighted by atomic mass is 19.1. The second-order valence-electron chi connectivity index (χ2n) is 4.00. The lowest BCUT2D eigenvalue weighted by atomic mass is 10.1. The fraction of sp³-hybridized carbons (Fsp3) is 0.250. The largest absolute Gasteiger partial charge is 0.366 e. The van der Waals surface area contributed by atoms with Crippen LogP contribution >= 0.6 is 0 Å². The van der Waals surface area contributed by atoms with Gasteiger partial charge < -0.3 is 15.6 Å². The molecule has 1 aromatic carbocycles. The maximum absolute atomic E-state index is 13.6. The van der Waals surface area contributed by atoms with Crippen molar-refractivity contribution in [1.82, 2.24) is 15.5 Å². The number of hydrogen-bond acceptors (Lipinski definition) is 5. The minimum atomic E-state index is -0.652. The summed E-state index contributed by atoms with van der Waals surface area (Å²) in [6, 6.07) is 4.13. The topological polar surface area (TPSA) is 94.0 Å². The Morgan fingerprint density at radius 1 is 1.47 bits per heavy atom. The average molecular weight is 264 g/mol. The van der Waals surface area contributed by atoms with Crippen LogP contribution in [0.25, 0.3) is 0 Å². The average Bonchev–Trinajstić information content (AvgIpc) is 2.77. The van der Waals surface area contributed by atoms with Crippen LogP contribution in [0, 0.1) is 12.7 Å². The Balaban J connectivity index is 1.94. The molecular formula is C12H13FN4O2. The number of halogens is 1. The first-order valence-corrected chi connectivity index (χ1v) is 5.64. The molecule has 0 saturated heterocycles. The van der Waals surface area contributed by atoms with Crippen LogP contribution in [-0.4, -0.2) is 16.0 Å². The predicted molar refractivity (Wildman–Crippen MR) is 64.5 cm³/mol. The number of aryl methyl sites for hydroxylation is 1. The van der Waals surface area contributed by atoms with Crippen molar-refractivity contribution >= 4 is 5.91 Å². The van der Waals surface area contributed by atoms with Gasteiger partial charge in [0.2, 0.25) is 11.8 Å². The number of carbonyl (C=O) groups is 1. The summed E-state index contributed by atoms with van der Waals surface area (Å²) < 4.78 is 18.4. The van der Waals surface area contributed by atoms with E-state index in [2.05, 4.69) is 15.5 Å². The number of benzene rings is 1. The van der Waals surface area contributed by atoms with Gasteiger partial charge in [-0.1, -0.05) is 11.2 Å². The Bertz CT molecular complexity index is 597. The number of rotatable bonds is 5. The van der Waals surface area contributed by atoms with Gasteiger partial charge >= 0.3 is 0 Å². The van der Waals surface area contributed by atoms with E-state index in [-0.39, 0.29) is 5.56 Å². The van der Waals surface area contributed by atoms with Crippen LogP contribution in [0.3, 0.4) is 0 Å². The number of carbonyl (C=O) groups excluding carboxylic acids is 1. The van der Waals surface area contributed by atoms with Gasteiger partial charge in [-0.2, -0.15) is 4.98 Å². The molecule has 0 aliphatic rings. The second kappa shape index (κ2) is 5.57. The minimum absolute atomic E-state index is 0.148. The van der Waals surface area contributed by atoms with E-state index in [1.165, 1.54) is 12.1 Å². The SMILES string of the molecule is Cc1nc(CNCc2ccc(C(N)=O)cc2F)no1. The molecule has 0 spiro atoms. The molecule has 0 saturated carbocycles. The van der Waals surface area contributed by atoms with E-state index in [1.54, 1.807) is 6.92 Å². The Morgan fingerprint density at radius 2 is 2.26 bits per heavy atom. The lowest BCUT2D eigenvalue weighted by molar-refractivity contribution is 0.1000. The fourth-order valence-corrected chi connectivity index (χ4v) is 1.57. The lowest BCUT2D eigenvalue weighted by Crippen LogP contribution is -2.16. The molecule has 0 aliphatic carbocycles. The van der Waals surface area contributed by atoms with E-state index in [0.29, 0.717) is 30.4 Å². The summed E-state index contributed by atoms with van der Waals surface area (Å²) in [5.41, 5.74) is 5.65. The number of nitrogens with zero attached hydrogens (tertiary/aromatic N) is 2. The molecule has 0 bridgehead atoms. The van der Waals surface area contributed by atoms with Gasteiger partial charge in [0, 0.05) is 24.6 Å². The molecule has 0 radical (unpaired) electrons. The van der Waals surface area contributed by atoms with E-state index >= 15 is 0 Å². The van der Waals surface area contributed by atoms with Crippen LogP contribution in [0.1, 0.15) is 27.6 Å². The molecule has 7 heteroatoms. The summed E-state index contributed by atoms with van der Waals surface area (Å²) in [6.45, 7) is 2.35. The number of hydrogen-bond donors (Lipinski definition) is 2. The van der Waals surface area contributed by atoms with Crippen molar-refractivity contribution < 1.29 is 13.7 Å². The summed E-state index contributed by atoms with van der Waals surface area (Å²) in [5, 5.41) is 6.68. The quantitative estimate of drug-likeness (QED) is 0.837. The van der Waals surface area contributed by atoms with Gasteiger partial charge in [-0.05, 0) is 12.1 Å². The highest BCUT2D eigenvalue weighted by molar-refractivity contribution is 5.92. The molecule has 0 atom stereocenters. The summed E-state index contributed by atoms with van der Waals surface area (Å²) in [7, 11) is 0. The normalized spacial score (nSPS) is 10.6. The molecule has 1 aromatic heterocycles. The molecule has 19 heavy (non-hydrogen) atoms. The van der Waals surface area contributed by atoms with Gasteiger partial charge in [0.25, 0.3) is 0 Å². The van der Waals surface area contributed by atoms with Crippen molar-refractivity contribution in [2.75, 3.05) is 0 Å². The molecule has 1 heterocycles. The zero-order valence-electron chi connectivity index (χ0n) is 10.3. The number of amides is 1. The molecule has 2 aromatic rings. The third-order valence-corrected chi connectivity index (χ3v) is 2.51. The summed E-state index contributed by atoms with van der Waals surface area (Å²) in [4.78, 5) is 14.9. The van der Waals surface area contributed by atoms with E-state index in [4.69, 9.17) is 10.3 Å². The monoisotopic (exact) mass is 264 g/mol. The molecule has 6 nitrogen and oxygen atoms in total. The molecule has 3 N–H and O–H groups in total. The Morgan fingerprint density at radius 3 is 2.84 bits per heavy atom. The Labute approximate surface area is 108 Å². The van der Waals surface area contributed by atoms with Gasteiger partial charge in [0.05, 0.1) is 6.54 Å². The predicted octanol–water partition coefficient (Wildman–Crippen LogP) is 0.906. The van der Waals surface area contributed by atoms with E-state index in [0.717, 1.165) is 6.07 Å². The number of nitrogens with two attached hydrogens (primary N) is 1. The summed E-state index contributed by atoms with van der Waals surface area (Å²) >= 11 is 0. The van der Waals surface area contributed by atoms with Crippen LogP contribution < -0.4 is 11.1 Å². The van der Waals surface area contributed by atoms with Crippen LogP contribution in [0.5, 0.6) is 0 Å². The zero-order chi connectivity index (χ0) is 13.8. The number of primary amides is 1. The van der Waals surface area contributed by atoms with Crippen LogP contribution in [-0.2, 0) is 13.1 Å². The smallest absolute Gasteiger partial charge is 0.248 e. The van der Waals surface area contributed by atoms with Crippen LogP contribution in [0.15, 0.2) is 22.7 Å². The number of aromatic nitrogens is 2. The maximum Gasteiger partial charge on any atom is 0.248 e. The van der Waals surface area contributed by atoms with Gasteiger partial charge in [-0.15, -0.1) is 0 Å². The number of nitrogens with one attached hydrogen (secondary N) is 1. The first kappa shape index (κ1) is 13.2. The molecule has 2 rings (SSSR count). The Hall–Kier alpha value is -2.28. The lowest BCUT2D eigenvalue weighted by Gasteiger charge is -2.05. The molecule has 1 amide bonds. The molecule has 0 fully saturated rings. The van der Waals surface area contributed by atoms with E-state index in [1.807, 2.05) is 0 Å². The van der Waals surface area contributed by atoms with Crippen molar-refractivity contribution in [1.29, 1.82) is 0 Å². The zero-order valence-corrected chi connectivity index (χ0v) is 10.3. The summed E-state index contributed by atoms with van der Waals surface area (Å²) in [6.07, 6.45) is 0. The van der Waals surface area contributed by atoms with Crippen molar-refractivity contribution in [2.45, 2.75) is 20.0 Å². The standard InChI is InChI=1S/C12H13FN4O2/c1-7-16-11(17-19-7)6-15-5-9-3-2-8(12(14)18)4-10(9)13/h2-4,15H,5-6H2,1H3,(H2,14,18). The van der Waals surface area contributed by atoms with Gasteiger partial charge in [0.1, 0.15) is 5.82 Å². The van der Waals surface area contributed by atoms with Crippen molar-refractivity contribution in [3.05, 3.63) is 46.9 Å². The molecular weight excluding hydrogens is 251 g/mol. The third kappa shape index (κ3) is 3.35. The van der Waals surface area contributed by atoms with Crippen molar-refractivity contribution in [2.24, 2.45) is 5.73 Å². The minimum Gasteiger partial charge on any atom is -0.366 e. The second-order valence-corrected chi connectivity index (χ2v) is 4.00. The van der Waals surface area contributed by atoms with Crippen molar-refractivity contribution in [3.63, 3.8) is 0 Å². The first-order chi connectivity index (χ1) is 9.06. The third-order valence-electron chi connectivity index (χ3n) is 2.51. The molecule has 0 unspecified atom stereocenters. The van der Waals surface area contributed by atoms with Gasteiger partial charge in [-0.3, -0.25) is 4.79 Å². The summed E-state index contributed by atoms with van der Waals surface area (Å²) in [5.74, 6) is -0.144. The van der Waals surface area contributed by atoms with Crippen LogP contribution in [0.4, 0.5) is 4.39 Å². The van der Waals surface area contributed by atoms with E-state index < -0.39 is 11.7 Å². The van der Waals surface area contributed by atoms with Gasteiger partial charge in [-0.25, -0.2) is 4.39 Å². The highest BCUT2D eigenvalue weighted by Gasteiger charge is 2.07.